The minimum absolute atomic E-state index is 0.228. The molecule has 10 heteroatoms. The summed E-state index contributed by atoms with van der Waals surface area (Å²) >= 11 is 3.49. The summed E-state index contributed by atoms with van der Waals surface area (Å²) < 4.78 is 6.05. The lowest BCUT2D eigenvalue weighted by Gasteiger charge is -2.41. The van der Waals surface area contributed by atoms with E-state index >= 15 is 0 Å². The van der Waals surface area contributed by atoms with Gasteiger partial charge in [-0.15, -0.1) is 0 Å². The Kier molecular flexibility index (Phi) is 5.64. The van der Waals surface area contributed by atoms with Crippen molar-refractivity contribution in [2.75, 3.05) is 25.1 Å². The number of benzene rings is 2. The topological polar surface area (TPSA) is 126 Å². The number of ether oxygens (including phenoxy) is 1. The van der Waals surface area contributed by atoms with Crippen molar-refractivity contribution in [1.82, 2.24) is 10.6 Å². The third kappa shape index (κ3) is 3.98. The number of anilines is 1. The molecule has 0 aromatic heterocycles. The highest BCUT2D eigenvalue weighted by Gasteiger charge is 2.41. The minimum Gasteiger partial charge on any atom is -0.496 e. The normalized spacial score (nSPS) is 19.5. The summed E-state index contributed by atoms with van der Waals surface area (Å²) in [6, 6.07) is 11.2. The van der Waals surface area contributed by atoms with Gasteiger partial charge in [-0.3, -0.25) is 4.79 Å². The Morgan fingerprint density at radius 3 is 2.81 bits per heavy atom. The molecule has 2 aromatic carbocycles. The molecule has 0 fully saturated rings. The molecule has 2 atom stereocenters. The van der Waals surface area contributed by atoms with Crippen LogP contribution in [0.5, 0.6) is 5.75 Å². The van der Waals surface area contributed by atoms with Crippen LogP contribution >= 0.6 is 15.9 Å². The summed E-state index contributed by atoms with van der Waals surface area (Å²) in [4.78, 5) is 42.2. The van der Waals surface area contributed by atoms with Gasteiger partial charge < -0.3 is 26.0 Å². The van der Waals surface area contributed by atoms with Crippen molar-refractivity contribution in [3.63, 3.8) is 0 Å². The Morgan fingerprint density at radius 1 is 1.32 bits per heavy atom. The Balaban J connectivity index is 1.75. The first-order chi connectivity index (χ1) is 14.9. The SMILES string of the molecule is COc1ccc(C2NC(=O)N=C3c4ccccc4N(C(=O)CNC(N)=O)CC32)cc1Br. The molecule has 0 saturated carbocycles. The van der Waals surface area contributed by atoms with Gasteiger partial charge in [0.25, 0.3) is 0 Å². The summed E-state index contributed by atoms with van der Waals surface area (Å²) in [6.07, 6.45) is 0. The first kappa shape index (κ1) is 20.9. The number of amides is 5. The molecule has 160 valence electrons. The van der Waals surface area contributed by atoms with Gasteiger partial charge in [0, 0.05) is 18.0 Å². The number of rotatable bonds is 4. The largest absolute Gasteiger partial charge is 0.496 e. The van der Waals surface area contributed by atoms with Crippen molar-refractivity contribution in [1.29, 1.82) is 0 Å². The maximum atomic E-state index is 12.9. The van der Waals surface area contributed by atoms with Crippen molar-refractivity contribution in [2.24, 2.45) is 16.6 Å². The Hall–Kier alpha value is -3.40. The van der Waals surface area contributed by atoms with E-state index in [1.54, 1.807) is 18.1 Å². The number of carbonyl (C=O) groups is 3. The van der Waals surface area contributed by atoms with Gasteiger partial charge in [0.1, 0.15) is 5.75 Å². The van der Waals surface area contributed by atoms with E-state index in [0.717, 1.165) is 10.0 Å². The fraction of sp³-hybridized carbons (Fsp3) is 0.238. The number of nitrogens with one attached hydrogen (secondary N) is 2. The van der Waals surface area contributed by atoms with Gasteiger partial charge in [-0.2, -0.15) is 4.99 Å². The van der Waals surface area contributed by atoms with E-state index < -0.39 is 18.1 Å². The van der Waals surface area contributed by atoms with E-state index in [1.807, 2.05) is 36.4 Å². The standard InChI is InChI=1S/C21H20BrN5O4/c1-31-16-7-6-11(8-14(16)22)18-13-10-27(17(28)9-24-20(23)29)15-5-3-2-4-12(15)19(13)26-21(30)25-18/h2-8,13,18H,9-10H2,1H3,(H,25,30)(H3,23,24,29). The van der Waals surface area contributed by atoms with E-state index in [-0.39, 0.29) is 24.9 Å². The summed E-state index contributed by atoms with van der Waals surface area (Å²) in [6.45, 7) is 0.0533. The highest BCUT2D eigenvalue weighted by molar-refractivity contribution is 9.10. The monoisotopic (exact) mass is 485 g/mol. The second kappa shape index (κ2) is 8.38. The molecule has 0 saturated heterocycles. The minimum atomic E-state index is -0.771. The van der Waals surface area contributed by atoms with Crippen molar-refractivity contribution in [3.8, 4) is 5.75 Å². The molecule has 5 amide bonds. The summed E-state index contributed by atoms with van der Waals surface area (Å²) in [5.74, 6) is 0.0744. The highest BCUT2D eigenvalue weighted by atomic mass is 79.9. The van der Waals surface area contributed by atoms with Crippen LogP contribution in [0.15, 0.2) is 51.9 Å². The second-order valence-electron chi connectivity index (χ2n) is 7.16. The van der Waals surface area contributed by atoms with Crippen LogP contribution in [0.1, 0.15) is 17.2 Å². The molecule has 2 aliphatic heterocycles. The molecule has 2 aromatic rings. The van der Waals surface area contributed by atoms with Crippen LogP contribution in [0.3, 0.4) is 0 Å². The van der Waals surface area contributed by atoms with Crippen LogP contribution in [0.2, 0.25) is 0 Å². The predicted octanol–water partition coefficient (Wildman–Crippen LogP) is 2.34. The van der Waals surface area contributed by atoms with E-state index in [4.69, 9.17) is 10.5 Å². The van der Waals surface area contributed by atoms with Crippen LogP contribution in [0.4, 0.5) is 15.3 Å². The lowest BCUT2D eigenvalue weighted by molar-refractivity contribution is -0.117. The van der Waals surface area contributed by atoms with Gasteiger partial charge in [-0.05, 0) is 39.7 Å². The van der Waals surface area contributed by atoms with Crippen molar-refractivity contribution in [3.05, 3.63) is 58.1 Å². The number of nitrogens with zero attached hydrogens (tertiary/aromatic N) is 2. The Labute approximate surface area is 186 Å². The maximum absolute atomic E-state index is 12.9. The zero-order valence-corrected chi connectivity index (χ0v) is 18.2. The number of urea groups is 2. The number of para-hydroxylation sites is 1. The summed E-state index contributed by atoms with van der Waals surface area (Å²) in [5, 5.41) is 5.26. The Morgan fingerprint density at radius 2 is 2.10 bits per heavy atom. The van der Waals surface area contributed by atoms with Crippen molar-refractivity contribution >= 4 is 45.3 Å². The molecule has 9 nitrogen and oxygen atoms in total. The number of nitrogens with two attached hydrogens (primary N) is 1. The smallest absolute Gasteiger partial charge is 0.341 e. The lowest BCUT2D eigenvalue weighted by Crippen LogP contribution is -2.53. The van der Waals surface area contributed by atoms with Crippen molar-refractivity contribution in [2.45, 2.75) is 6.04 Å². The molecular weight excluding hydrogens is 466 g/mol. The van der Waals surface area contributed by atoms with Crippen molar-refractivity contribution < 1.29 is 19.1 Å². The summed E-state index contributed by atoms with van der Waals surface area (Å²) in [7, 11) is 1.58. The third-order valence-corrected chi connectivity index (χ3v) is 5.97. The summed E-state index contributed by atoms with van der Waals surface area (Å²) in [5.41, 5.74) is 7.94. The first-order valence-electron chi connectivity index (χ1n) is 9.54. The fourth-order valence-electron chi connectivity index (χ4n) is 3.97. The van der Waals surface area contributed by atoms with E-state index in [1.165, 1.54) is 0 Å². The average molecular weight is 486 g/mol. The van der Waals surface area contributed by atoms with Crippen LogP contribution in [-0.4, -0.2) is 43.9 Å². The molecular formula is C21H20BrN5O4. The van der Waals surface area contributed by atoms with Gasteiger partial charge in [0.2, 0.25) is 5.91 Å². The highest BCUT2D eigenvalue weighted by Crippen LogP contribution is 2.39. The first-order valence-corrected chi connectivity index (χ1v) is 10.3. The van der Waals surface area contributed by atoms with Crippen LogP contribution < -0.4 is 26.0 Å². The quantitative estimate of drug-likeness (QED) is 0.613. The zero-order chi connectivity index (χ0) is 22.1. The fourth-order valence-corrected chi connectivity index (χ4v) is 4.53. The lowest BCUT2D eigenvalue weighted by atomic mass is 9.81. The van der Waals surface area contributed by atoms with Crippen LogP contribution in [-0.2, 0) is 4.79 Å². The average Bonchev–Trinajstić information content (AvgIpc) is 2.76. The van der Waals surface area contributed by atoms with Gasteiger partial charge in [0.15, 0.2) is 0 Å². The predicted molar refractivity (Wildman–Crippen MR) is 118 cm³/mol. The maximum Gasteiger partial charge on any atom is 0.341 e. The van der Waals surface area contributed by atoms with E-state index in [9.17, 15) is 14.4 Å². The number of hydrogen-bond acceptors (Lipinski definition) is 4. The number of fused-ring (bicyclic) bond motifs is 3. The van der Waals surface area contributed by atoms with Gasteiger partial charge in [-0.1, -0.05) is 24.3 Å². The van der Waals surface area contributed by atoms with Crippen LogP contribution in [0.25, 0.3) is 0 Å². The number of hydrogen-bond donors (Lipinski definition) is 3. The molecule has 2 aliphatic rings. The molecule has 31 heavy (non-hydrogen) atoms. The van der Waals surface area contributed by atoms with Gasteiger partial charge >= 0.3 is 12.1 Å². The number of methoxy groups -OCH3 is 1. The molecule has 2 unspecified atom stereocenters. The van der Waals surface area contributed by atoms with Crippen LogP contribution in [0, 0.1) is 5.92 Å². The van der Waals surface area contributed by atoms with Gasteiger partial charge in [0.05, 0.1) is 35.6 Å². The molecule has 0 bridgehead atoms. The molecule has 0 radical (unpaired) electrons. The number of carbonyl (C=O) groups excluding carboxylic acids is 3. The third-order valence-electron chi connectivity index (χ3n) is 5.35. The number of primary amides is 1. The number of halogens is 1. The molecule has 4 N–H and O–H groups in total. The second-order valence-corrected chi connectivity index (χ2v) is 8.02. The van der Waals surface area contributed by atoms with E-state index in [2.05, 4.69) is 31.6 Å². The Bertz CT molecular complexity index is 1100. The molecule has 2 heterocycles. The zero-order valence-electron chi connectivity index (χ0n) is 16.6. The van der Waals surface area contributed by atoms with E-state index in [0.29, 0.717) is 22.7 Å². The molecule has 0 spiro atoms. The molecule has 4 rings (SSSR count). The molecule has 0 aliphatic carbocycles. The number of aliphatic imine (C=N–C) groups is 1. The van der Waals surface area contributed by atoms with Gasteiger partial charge in [-0.25, -0.2) is 9.59 Å².